The van der Waals surface area contributed by atoms with Crippen LogP contribution in [0, 0.1) is 16.3 Å². The second-order valence-electron chi connectivity index (χ2n) is 8.75. The predicted molar refractivity (Wildman–Crippen MR) is 143 cm³/mol. The molecule has 184 valence electrons. The van der Waals surface area contributed by atoms with Crippen molar-refractivity contribution in [2.45, 2.75) is 25.8 Å². The predicted octanol–water partition coefficient (Wildman–Crippen LogP) is 3.08. The van der Waals surface area contributed by atoms with Crippen LogP contribution in [0.2, 0.25) is 0 Å². The van der Waals surface area contributed by atoms with E-state index in [1.807, 2.05) is 22.6 Å². The molecule has 36 heavy (non-hydrogen) atoms. The Morgan fingerprint density at radius 3 is 2.33 bits per heavy atom. The van der Waals surface area contributed by atoms with Crippen LogP contribution in [0.25, 0.3) is 16.6 Å². The molecule has 11 heteroatoms. The second kappa shape index (κ2) is 8.73. The number of rotatable bonds is 5. The molecule has 1 fully saturated rings. The molecule has 1 aliphatic carbocycles. The zero-order chi connectivity index (χ0) is 25.9. The molecule has 4 aromatic rings. The standard InChI is InChI=1S/C25H21FIN5O4/c1-12-20-19(22(30(2)23(12)34)29-18-10-5-14(27)11-17(18)26)24(35)32(16-8-9-16)25(36)31(20)15-6-3-13(4-7-15)21(28)33/h3-7,10-11,16,29H,8-9H2,1-2H3,(H2,28,33). The molecule has 0 bridgehead atoms. The number of amides is 1. The Balaban J connectivity index is 1.91. The van der Waals surface area contributed by atoms with Crippen molar-refractivity contribution in [1.29, 1.82) is 0 Å². The van der Waals surface area contributed by atoms with E-state index in [1.54, 1.807) is 6.07 Å². The van der Waals surface area contributed by atoms with Gasteiger partial charge in [0, 0.05) is 27.8 Å². The largest absolute Gasteiger partial charge is 0.366 e. The molecule has 9 nitrogen and oxygen atoms in total. The first-order valence-corrected chi connectivity index (χ1v) is 12.2. The number of carbonyl (C=O) groups excluding carboxylic acids is 1. The molecule has 0 unspecified atom stereocenters. The van der Waals surface area contributed by atoms with Gasteiger partial charge in [0.15, 0.2) is 0 Å². The number of fused-ring (bicyclic) bond motifs is 1. The minimum absolute atomic E-state index is 0.0719. The Hall–Kier alpha value is -3.74. The van der Waals surface area contributed by atoms with E-state index in [1.165, 1.54) is 64.1 Å². The van der Waals surface area contributed by atoms with Gasteiger partial charge in [-0.1, -0.05) is 0 Å². The number of hydrogen-bond donors (Lipinski definition) is 2. The van der Waals surface area contributed by atoms with Crippen molar-refractivity contribution in [1.82, 2.24) is 13.7 Å². The average Bonchev–Trinajstić information content (AvgIpc) is 3.67. The minimum atomic E-state index is -0.627. The number of carbonyl (C=O) groups is 1. The van der Waals surface area contributed by atoms with Crippen molar-refractivity contribution in [2.75, 3.05) is 5.32 Å². The smallest absolute Gasteiger partial charge is 0.336 e. The topological polar surface area (TPSA) is 121 Å². The summed E-state index contributed by atoms with van der Waals surface area (Å²) in [6.07, 6.45) is 1.33. The summed E-state index contributed by atoms with van der Waals surface area (Å²) in [5.74, 6) is -1.11. The molecule has 0 saturated heterocycles. The van der Waals surface area contributed by atoms with Crippen LogP contribution in [0.3, 0.4) is 0 Å². The summed E-state index contributed by atoms with van der Waals surface area (Å²) in [5.41, 5.74) is 4.72. The molecule has 2 heterocycles. The zero-order valence-electron chi connectivity index (χ0n) is 19.3. The van der Waals surface area contributed by atoms with Gasteiger partial charge in [0.05, 0.1) is 16.9 Å². The molecule has 0 spiro atoms. The number of benzene rings is 2. The Morgan fingerprint density at radius 2 is 1.75 bits per heavy atom. The summed E-state index contributed by atoms with van der Waals surface area (Å²) in [7, 11) is 1.49. The van der Waals surface area contributed by atoms with Crippen LogP contribution in [0.15, 0.2) is 56.8 Å². The van der Waals surface area contributed by atoms with Gasteiger partial charge in [-0.25, -0.2) is 9.18 Å². The maximum atomic E-state index is 14.7. The van der Waals surface area contributed by atoms with E-state index in [-0.39, 0.29) is 39.6 Å². The summed E-state index contributed by atoms with van der Waals surface area (Å²) in [6.45, 7) is 1.54. The van der Waals surface area contributed by atoms with Gasteiger partial charge in [0.25, 0.3) is 11.1 Å². The van der Waals surface area contributed by atoms with Gasteiger partial charge in [0.2, 0.25) is 5.91 Å². The molecule has 2 aromatic heterocycles. The van der Waals surface area contributed by atoms with Gasteiger partial charge in [-0.05, 0) is 84.8 Å². The third kappa shape index (κ3) is 3.83. The lowest BCUT2D eigenvalue weighted by atomic mass is 10.1. The molecule has 2 aromatic carbocycles. The molecule has 3 N–H and O–H groups in total. The van der Waals surface area contributed by atoms with Crippen molar-refractivity contribution >= 4 is 50.9 Å². The molecule has 1 aliphatic rings. The summed E-state index contributed by atoms with van der Waals surface area (Å²) in [4.78, 5) is 52.2. The van der Waals surface area contributed by atoms with E-state index in [4.69, 9.17) is 5.73 Å². The van der Waals surface area contributed by atoms with Crippen molar-refractivity contribution in [2.24, 2.45) is 12.8 Å². The highest BCUT2D eigenvalue weighted by Gasteiger charge is 2.31. The van der Waals surface area contributed by atoms with E-state index in [9.17, 15) is 23.6 Å². The van der Waals surface area contributed by atoms with Crippen molar-refractivity contribution < 1.29 is 9.18 Å². The van der Waals surface area contributed by atoms with E-state index in [0.29, 0.717) is 22.1 Å². The van der Waals surface area contributed by atoms with Gasteiger partial charge in [-0.3, -0.25) is 28.1 Å². The van der Waals surface area contributed by atoms with E-state index >= 15 is 0 Å². The van der Waals surface area contributed by atoms with Crippen molar-refractivity contribution in [3.63, 3.8) is 0 Å². The number of primary amides is 1. The fourth-order valence-electron chi connectivity index (χ4n) is 4.35. The highest BCUT2D eigenvalue weighted by molar-refractivity contribution is 14.1. The van der Waals surface area contributed by atoms with Crippen LogP contribution in [0.1, 0.15) is 34.8 Å². The maximum Gasteiger partial charge on any atom is 0.336 e. The SMILES string of the molecule is Cc1c(=O)n(C)c(Nc2ccc(I)cc2F)c2c(=O)n(C3CC3)c(=O)n(-c3ccc(C(N)=O)cc3)c12. The number of pyridine rings is 1. The monoisotopic (exact) mass is 601 g/mol. The van der Waals surface area contributed by atoms with E-state index < -0.39 is 28.5 Å². The first kappa shape index (κ1) is 24.0. The third-order valence-electron chi connectivity index (χ3n) is 6.35. The minimum Gasteiger partial charge on any atom is -0.366 e. The molecule has 1 saturated carbocycles. The van der Waals surface area contributed by atoms with Crippen LogP contribution in [0.4, 0.5) is 15.9 Å². The second-order valence-corrected chi connectivity index (χ2v) is 9.99. The molecular weight excluding hydrogens is 580 g/mol. The molecular formula is C25H21FIN5O4. The van der Waals surface area contributed by atoms with Gasteiger partial charge in [0.1, 0.15) is 17.0 Å². The number of halogens is 2. The number of nitrogens with one attached hydrogen (secondary N) is 1. The van der Waals surface area contributed by atoms with Gasteiger partial charge >= 0.3 is 5.69 Å². The van der Waals surface area contributed by atoms with Gasteiger partial charge in [-0.15, -0.1) is 0 Å². The molecule has 0 atom stereocenters. The number of nitrogens with zero attached hydrogens (tertiary/aromatic N) is 3. The molecule has 0 aliphatic heterocycles. The lowest BCUT2D eigenvalue weighted by molar-refractivity contribution is 0.100. The zero-order valence-corrected chi connectivity index (χ0v) is 21.5. The first-order valence-electron chi connectivity index (χ1n) is 11.1. The summed E-state index contributed by atoms with van der Waals surface area (Å²) < 4.78 is 19.2. The van der Waals surface area contributed by atoms with Crippen LogP contribution in [-0.4, -0.2) is 19.6 Å². The Labute approximate surface area is 217 Å². The van der Waals surface area contributed by atoms with E-state index in [0.717, 1.165) is 0 Å². The third-order valence-corrected chi connectivity index (χ3v) is 7.02. The highest BCUT2D eigenvalue weighted by atomic mass is 127. The van der Waals surface area contributed by atoms with Crippen LogP contribution in [0.5, 0.6) is 0 Å². The van der Waals surface area contributed by atoms with Crippen LogP contribution < -0.4 is 27.9 Å². The number of nitrogens with two attached hydrogens (primary N) is 1. The molecule has 5 rings (SSSR count). The Bertz CT molecular complexity index is 1750. The van der Waals surface area contributed by atoms with E-state index in [2.05, 4.69) is 5.32 Å². The fraction of sp³-hybridized carbons (Fsp3) is 0.200. The van der Waals surface area contributed by atoms with Crippen LogP contribution in [-0.2, 0) is 7.05 Å². The van der Waals surface area contributed by atoms with Gasteiger partial charge < -0.3 is 11.1 Å². The highest BCUT2D eigenvalue weighted by Crippen LogP contribution is 2.34. The van der Waals surface area contributed by atoms with Crippen LogP contribution >= 0.6 is 22.6 Å². The summed E-state index contributed by atoms with van der Waals surface area (Å²) in [5, 5.41) is 3.00. The van der Waals surface area contributed by atoms with Crippen molar-refractivity contribution in [3.8, 4) is 5.69 Å². The summed E-state index contributed by atoms with van der Waals surface area (Å²) >= 11 is 1.98. The maximum absolute atomic E-state index is 14.7. The number of aryl methyl sites for hydroxylation is 1. The first-order chi connectivity index (χ1) is 17.1. The quantitative estimate of drug-likeness (QED) is 0.341. The Morgan fingerprint density at radius 1 is 1.08 bits per heavy atom. The lowest BCUT2D eigenvalue weighted by Crippen LogP contribution is -2.41. The number of hydrogen-bond acceptors (Lipinski definition) is 5. The average molecular weight is 601 g/mol. The number of anilines is 2. The van der Waals surface area contributed by atoms with Gasteiger partial charge in [-0.2, -0.15) is 0 Å². The lowest BCUT2D eigenvalue weighted by Gasteiger charge is -2.20. The fourth-order valence-corrected chi connectivity index (χ4v) is 4.80. The summed E-state index contributed by atoms with van der Waals surface area (Å²) in [6, 6.07) is 10.3. The number of aromatic nitrogens is 3. The molecule has 0 radical (unpaired) electrons. The normalized spacial score (nSPS) is 13.2. The Kier molecular flexibility index (Phi) is 5.81. The molecule has 1 amide bonds. The van der Waals surface area contributed by atoms with Crippen molar-refractivity contribution in [3.05, 3.63) is 94.2 Å².